The second-order valence-corrected chi connectivity index (χ2v) is 6.59. The molecule has 0 radical (unpaired) electrons. The van der Waals surface area contributed by atoms with Crippen molar-refractivity contribution < 1.29 is 12.9 Å². The Kier molecular flexibility index (Phi) is 4.22. The molecular formula is C16H15N3O3S. The number of rotatable bonds is 5. The van der Waals surface area contributed by atoms with E-state index in [1.54, 1.807) is 19.1 Å². The molecule has 118 valence electrons. The normalized spacial score (nSPS) is 11.5. The molecule has 0 aliphatic heterocycles. The highest BCUT2D eigenvalue weighted by Gasteiger charge is 2.16. The fraction of sp³-hybridized carbons (Fsp3) is 0.125. The molecular weight excluding hydrogens is 314 g/mol. The molecule has 0 unspecified atom stereocenters. The van der Waals surface area contributed by atoms with Gasteiger partial charge in [-0.25, -0.2) is 13.1 Å². The van der Waals surface area contributed by atoms with E-state index in [4.69, 9.17) is 4.52 Å². The Balaban J connectivity index is 1.96. The highest BCUT2D eigenvalue weighted by atomic mass is 32.2. The molecule has 3 aromatic rings. The van der Waals surface area contributed by atoms with Gasteiger partial charge in [-0.3, -0.25) is 0 Å². The van der Waals surface area contributed by atoms with E-state index < -0.39 is 10.0 Å². The average molecular weight is 329 g/mol. The van der Waals surface area contributed by atoms with Crippen LogP contribution in [0.4, 0.5) is 0 Å². The van der Waals surface area contributed by atoms with Gasteiger partial charge >= 0.3 is 0 Å². The Labute approximate surface area is 134 Å². The summed E-state index contributed by atoms with van der Waals surface area (Å²) in [6, 6.07) is 15.8. The summed E-state index contributed by atoms with van der Waals surface area (Å²) >= 11 is 0. The molecule has 1 aromatic heterocycles. The highest BCUT2D eigenvalue weighted by Crippen LogP contribution is 2.24. The zero-order chi connectivity index (χ0) is 16.3. The highest BCUT2D eigenvalue weighted by molar-refractivity contribution is 7.89. The van der Waals surface area contributed by atoms with E-state index in [1.807, 2.05) is 30.3 Å². The third kappa shape index (κ3) is 3.30. The molecule has 2 aromatic carbocycles. The predicted octanol–water partition coefficient (Wildman–Crippen LogP) is 2.70. The average Bonchev–Trinajstić information content (AvgIpc) is 3.06. The molecule has 0 saturated carbocycles. The van der Waals surface area contributed by atoms with Crippen LogP contribution in [-0.4, -0.2) is 25.1 Å². The monoisotopic (exact) mass is 329 g/mol. The van der Waals surface area contributed by atoms with E-state index in [0.717, 1.165) is 5.56 Å². The molecule has 1 N–H and O–H groups in total. The van der Waals surface area contributed by atoms with E-state index in [9.17, 15) is 8.42 Å². The summed E-state index contributed by atoms with van der Waals surface area (Å²) in [4.78, 5) is 4.49. The van der Waals surface area contributed by atoms with Gasteiger partial charge in [0.15, 0.2) is 0 Å². The first-order valence-electron chi connectivity index (χ1n) is 7.09. The molecule has 1 heterocycles. The van der Waals surface area contributed by atoms with Crippen LogP contribution in [0.15, 0.2) is 64.0 Å². The molecule has 7 heteroatoms. The minimum Gasteiger partial charge on any atom is -0.334 e. The Morgan fingerprint density at radius 2 is 1.78 bits per heavy atom. The number of hydrogen-bond acceptors (Lipinski definition) is 5. The van der Waals surface area contributed by atoms with Crippen molar-refractivity contribution in [3.05, 3.63) is 54.6 Å². The van der Waals surface area contributed by atoms with Gasteiger partial charge in [-0.1, -0.05) is 48.5 Å². The Hall–Kier alpha value is -2.51. The smallest absolute Gasteiger partial charge is 0.258 e. The first-order valence-corrected chi connectivity index (χ1v) is 8.57. The summed E-state index contributed by atoms with van der Waals surface area (Å²) in [6.45, 7) is 2.05. The fourth-order valence-corrected chi connectivity index (χ4v) is 3.20. The van der Waals surface area contributed by atoms with Crippen molar-refractivity contribution in [1.29, 1.82) is 0 Å². The lowest BCUT2D eigenvalue weighted by molar-refractivity contribution is 0.432. The molecule has 3 rings (SSSR count). The number of hydrogen-bond donors (Lipinski definition) is 1. The number of nitrogens with zero attached hydrogens (tertiary/aromatic N) is 2. The molecule has 0 fully saturated rings. The summed E-state index contributed by atoms with van der Waals surface area (Å²) in [5, 5.41) is 3.94. The van der Waals surface area contributed by atoms with E-state index in [0.29, 0.717) is 17.9 Å². The minimum absolute atomic E-state index is 0.163. The van der Waals surface area contributed by atoms with Gasteiger partial charge in [-0.2, -0.15) is 4.98 Å². The van der Waals surface area contributed by atoms with Gasteiger partial charge in [0, 0.05) is 17.7 Å². The molecule has 0 atom stereocenters. The maximum Gasteiger partial charge on any atom is 0.258 e. The van der Waals surface area contributed by atoms with Crippen molar-refractivity contribution in [3.8, 4) is 22.8 Å². The Morgan fingerprint density at radius 3 is 2.52 bits per heavy atom. The van der Waals surface area contributed by atoms with Crippen LogP contribution in [0.3, 0.4) is 0 Å². The SMILES string of the molecule is CCNS(=O)(=O)c1cccc(-c2nc(-c3ccccc3)no2)c1. The lowest BCUT2D eigenvalue weighted by Gasteiger charge is -2.04. The molecule has 23 heavy (non-hydrogen) atoms. The molecule has 0 saturated heterocycles. The number of aromatic nitrogens is 2. The van der Waals surface area contributed by atoms with Crippen LogP contribution in [-0.2, 0) is 10.0 Å². The van der Waals surface area contributed by atoms with Crippen LogP contribution in [0.2, 0.25) is 0 Å². The largest absolute Gasteiger partial charge is 0.334 e. The van der Waals surface area contributed by atoms with Crippen LogP contribution in [0.1, 0.15) is 6.92 Å². The summed E-state index contributed by atoms with van der Waals surface area (Å²) in [6.07, 6.45) is 0. The molecule has 0 aliphatic carbocycles. The summed E-state index contributed by atoms with van der Waals surface area (Å²) < 4.78 is 31.8. The van der Waals surface area contributed by atoms with E-state index >= 15 is 0 Å². The third-order valence-electron chi connectivity index (χ3n) is 3.18. The lowest BCUT2D eigenvalue weighted by Crippen LogP contribution is -2.23. The van der Waals surface area contributed by atoms with Gasteiger partial charge in [0.1, 0.15) is 0 Å². The zero-order valence-electron chi connectivity index (χ0n) is 12.4. The standard InChI is InChI=1S/C16H15N3O3S/c1-2-17-23(20,21)14-10-6-9-13(11-14)16-18-15(19-22-16)12-7-4-3-5-8-12/h3-11,17H,2H2,1H3. The van der Waals surface area contributed by atoms with Crippen LogP contribution in [0.5, 0.6) is 0 Å². The van der Waals surface area contributed by atoms with Crippen LogP contribution >= 0.6 is 0 Å². The molecule has 6 nitrogen and oxygen atoms in total. The third-order valence-corrected chi connectivity index (χ3v) is 4.73. The molecule has 0 aliphatic rings. The maximum absolute atomic E-state index is 12.1. The van der Waals surface area contributed by atoms with Crippen molar-refractivity contribution in [1.82, 2.24) is 14.9 Å². The first kappa shape index (κ1) is 15.4. The van der Waals surface area contributed by atoms with Gasteiger partial charge in [0.2, 0.25) is 15.8 Å². The van der Waals surface area contributed by atoms with Gasteiger partial charge in [0.05, 0.1) is 4.90 Å². The topological polar surface area (TPSA) is 85.1 Å². The molecule has 0 amide bonds. The number of benzene rings is 2. The maximum atomic E-state index is 12.1. The van der Waals surface area contributed by atoms with Gasteiger partial charge in [-0.15, -0.1) is 0 Å². The summed E-state index contributed by atoms with van der Waals surface area (Å²) in [5.74, 6) is 0.734. The predicted molar refractivity (Wildman–Crippen MR) is 86.0 cm³/mol. The Morgan fingerprint density at radius 1 is 1.04 bits per heavy atom. The van der Waals surface area contributed by atoms with Crippen LogP contribution in [0.25, 0.3) is 22.8 Å². The second kappa shape index (κ2) is 6.31. The zero-order valence-corrected chi connectivity index (χ0v) is 13.2. The van der Waals surface area contributed by atoms with Gasteiger partial charge in [-0.05, 0) is 18.2 Å². The molecule has 0 bridgehead atoms. The van der Waals surface area contributed by atoms with Crippen LogP contribution in [0, 0.1) is 0 Å². The lowest BCUT2D eigenvalue weighted by atomic mass is 10.2. The second-order valence-electron chi connectivity index (χ2n) is 4.82. The fourth-order valence-electron chi connectivity index (χ4n) is 2.11. The van der Waals surface area contributed by atoms with Gasteiger partial charge < -0.3 is 4.52 Å². The van der Waals surface area contributed by atoms with Crippen molar-refractivity contribution in [3.63, 3.8) is 0 Å². The molecule has 0 spiro atoms. The van der Waals surface area contributed by atoms with Crippen LogP contribution < -0.4 is 4.72 Å². The van der Waals surface area contributed by atoms with Gasteiger partial charge in [0.25, 0.3) is 5.89 Å². The van der Waals surface area contributed by atoms with Crippen molar-refractivity contribution in [2.24, 2.45) is 0 Å². The summed E-state index contributed by atoms with van der Waals surface area (Å²) in [7, 11) is -3.53. The van der Waals surface area contributed by atoms with E-state index in [-0.39, 0.29) is 10.8 Å². The number of sulfonamides is 1. The number of nitrogens with one attached hydrogen (secondary N) is 1. The summed E-state index contributed by atoms with van der Waals surface area (Å²) in [5.41, 5.74) is 1.39. The van der Waals surface area contributed by atoms with E-state index in [2.05, 4.69) is 14.9 Å². The van der Waals surface area contributed by atoms with Crippen molar-refractivity contribution in [2.45, 2.75) is 11.8 Å². The quantitative estimate of drug-likeness (QED) is 0.778. The van der Waals surface area contributed by atoms with Crippen molar-refractivity contribution >= 4 is 10.0 Å². The first-order chi connectivity index (χ1) is 11.1. The van der Waals surface area contributed by atoms with Crippen molar-refractivity contribution in [2.75, 3.05) is 6.54 Å². The van der Waals surface area contributed by atoms with E-state index in [1.165, 1.54) is 12.1 Å². The minimum atomic E-state index is -3.53. The Bertz CT molecular complexity index is 905.